The van der Waals surface area contributed by atoms with Gasteiger partial charge in [-0.2, -0.15) is 0 Å². The standard InChI is InChI=1S/C19H14ClFN4O3S2/c1-25-15-7-6-11(20)8-12(15)18-16(30(25,27)28)9-22-19(24-18)29-10-17(26)23-14-5-3-2-4-13(14)21/h2-9H,10H2,1H3,(H,23,26). The Hall–Kier alpha value is -2.69. The van der Waals surface area contributed by atoms with E-state index in [-0.39, 0.29) is 27.2 Å². The van der Waals surface area contributed by atoms with Crippen LogP contribution < -0.4 is 9.62 Å². The number of rotatable bonds is 4. The smallest absolute Gasteiger partial charge is 0.267 e. The quantitative estimate of drug-likeness (QED) is 0.466. The zero-order valence-corrected chi connectivity index (χ0v) is 17.9. The van der Waals surface area contributed by atoms with Crippen molar-refractivity contribution in [3.63, 3.8) is 0 Å². The van der Waals surface area contributed by atoms with Crippen LogP contribution in [0, 0.1) is 5.82 Å². The fraction of sp³-hybridized carbons (Fsp3) is 0.105. The number of anilines is 2. The average Bonchev–Trinajstić information content (AvgIpc) is 2.72. The second kappa shape index (κ2) is 7.86. The summed E-state index contributed by atoms with van der Waals surface area (Å²) in [5.41, 5.74) is 1.29. The van der Waals surface area contributed by atoms with Gasteiger partial charge in [-0.05, 0) is 30.3 Å². The van der Waals surface area contributed by atoms with Crippen molar-refractivity contribution in [2.75, 3.05) is 22.4 Å². The molecule has 2 heterocycles. The highest BCUT2D eigenvalue weighted by atomic mass is 35.5. The minimum absolute atomic E-state index is 0.0417. The van der Waals surface area contributed by atoms with Crippen molar-refractivity contribution in [2.45, 2.75) is 10.1 Å². The average molecular weight is 465 g/mol. The van der Waals surface area contributed by atoms with Crippen LogP contribution in [0.25, 0.3) is 11.3 Å². The molecular weight excluding hydrogens is 451 g/mol. The summed E-state index contributed by atoms with van der Waals surface area (Å²) >= 11 is 7.10. The number of hydrogen-bond acceptors (Lipinski definition) is 6. The molecule has 0 fully saturated rings. The predicted octanol–water partition coefficient (Wildman–Crippen LogP) is 3.81. The van der Waals surface area contributed by atoms with E-state index in [0.29, 0.717) is 16.3 Å². The summed E-state index contributed by atoms with van der Waals surface area (Å²) in [7, 11) is -2.36. The van der Waals surface area contributed by atoms with Gasteiger partial charge in [-0.15, -0.1) is 0 Å². The topological polar surface area (TPSA) is 92.3 Å². The van der Waals surface area contributed by atoms with Gasteiger partial charge in [0.25, 0.3) is 10.0 Å². The van der Waals surface area contributed by atoms with Crippen LogP contribution in [0.2, 0.25) is 5.02 Å². The zero-order chi connectivity index (χ0) is 21.5. The van der Waals surface area contributed by atoms with E-state index in [9.17, 15) is 17.6 Å². The Morgan fingerprint density at radius 3 is 2.80 bits per heavy atom. The van der Waals surface area contributed by atoms with E-state index in [1.165, 1.54) is 31.4 Å². The Morgan fingerprint density at radius 2 is 2.03 bits per heavy atom. The number of halogens is 2. The number of carbonyl (C=O) groups is 1. The number of nitrogens with zero attached hydrogens (tertiary/aromatic N) is 3. The van der Waals surface area contributed by atoms with Gasteiger partial charge in [0.05, 0.1) is 29.0 Å². The molecule has 0 saturated heterocycles. The molecule has 0 bridgehead atoms. The first-order valence-electron chi connectivity index (χ1n) is 8.60. The molecule has 154 valence electrons. The first-order valence-corrected chi connectivity index (χ1v) is 11.4. The fourth-order valence-corrected chi connectivity index (χ4v) is 5.02. The first-order chi connectivity index (χ1) is 14.3. The minimum atomic E-state index is -3.81. The number of aromatic nitrogens is 2. The number of thioether (sulfide) groups is 1. The predicted molar refractivity (Wildman–Crippen MR) is 114 cm³/mol. The summed E-state index contributed by atoms with van der Waals surface area (Å²) in [5.74, 6) is -1.06. The van der Waals surface area contributed by atoms with Gasteiger partial charge in [0.2, 0.25) is 5.91 Å². The van der Waals surface area contributed by atoms with Crippen LogP contribution in [-0.4, -0.2) is 37.1 Å². The van der Waals surface area contributed by atoms with Crippen molar-refractivity contribution in [1.82, 2.24) is 9.97 Å². The van der Waals surface area contributed by atoms with Crippen molar-refractivity contribution in [3.8, 4) is 11.3 Å². The second-order valence-electron chi connectivity index (χ2n) is 6.32. The third kappa shape index (κ3) is 3.73. The van der Waals surface area contributed by atoms with E-state index < -0.39 is 21.7 Å². The summed E-state index contributed by atoms with van der Waals surface area (Å²) in [4.78, 5) is 20.5. The van der Waals surface area contributed by atoms with E-state index in [2.05, 4.69) is 15.3 Å². The van der Waals surface area contributed by atoms with E-state index in [1.54, 1.807) is 24.3 Å². The molecule has 3 aromatic rings. The van der Waals surface area contributed by atoms with E-state index in [0.717, 1.165) is 16.1 Å². The molecule has 0 saturated carbocycles. The van der Waals surface area contributed by atoms with Crippen LogP contribution in [-0.2, 0) is 14.8 Å². The van der Waals surface area contributed by atoms with Gasteiger partial charge < -0.3 is 5.32 Å². The molecule has 0 atom stereocenters. The summed E-state index contributed by atoms with van der Waals surface area (Å²) < 4.78 is 40.4. The molecule has 0 radical (unpaired) electrons. The first kappa shape index (κ1) is 20.6. The Bertz CT molecular complexity index is 1270. The van der Waals surface area contributed by atoms with Crippen molar-refractivity contribution >= 4 is 50.7 Å². The molecule has 2 aromatic carbocycles. The monoisotopic (exact) mass is 464 g/mol. The number of hydrogen-bond donors (Lipinski definition) is 1. The molecule has 1 aliphatic heterocycles. The number of carbonyl (C=O) groups excluding carboxylic acids is 1. The fourth-order valence-electron chi connectivity index (χ4n) is 2.93. The molecule has 1 N–H and O–H groups in total. The number of sulfonamides is 1. The van der Waals surface area contributed by atoms with Crippen LogP contribution in [0.15, 0.2) is 58.7 Å². The van der Waals surface area contributed by atoms with Crippen molar-refractivity contribution in [2.24, 2.45) is 0 Å². The third-order valence-corrected chi connectivity index (χ3v) is 7.27. The van der Waals surface area contributed by atoms with Gasteiger partial charge in [-0.1, -0.05) is 35.5 Å². The Labute approximate surface area is 181 Å². The zero-order valence-electron chi connectivity index (χ0n) is 15.5. The molecule has 0 unspecified atom stereocenters. The van der Waals surface area contributed by atoms with E-state index in [1.807, 2.05) is 0 Å². The molecule has 4 rings (SSSR count). The normalized spacial score (nSPS) is 14.0. The highest BCUT2D eigenvalue weighted by molar-refractivity contribution is 7.99. The lowest BCUT2D eigenvalue weighted by Crippen LogP contribution is -2.31. The maximum atomic E-state index is 13.7. The molecule has 0 aliphatic carbocycles. The molecule has 7 nitrogen and oxygen atoms in total. The Kier molecular flexibility index (Phi) is 5.39. The molecule has 0 spiro atoms. The Balaban J connectivity index is 1.60. The van der Waals surface area contributed by atoms with E-state index in [4.69, 9.17) is 11.6 Å². The van der Waals surface area contributed by atoms with Crippen LogP contribution in [0.3, 0.4) is 0 Å². The summed E-state index contributed by atoms with van der Waals surface area (Å²) in [5, 5.41) is 3.12. The number of amides is 1. The SMILES string of the molecule is CN1c2ccc(Cl)cc2-c2nc(SCC(=O)Nc3ccccc3F)ncc2S1(=O)=O. The van der Waals surface area contributed by atoms with Gasteiger partial charge in [0, 0.05) is 17.6 Å². The molecule has 11 heteroatoms. The van der Waals surface area contributed by atoms with Crippen molar-refractivity contribution < 1.29 is 17.6 Å². The van der Waals surface area contributed by atoms with Gasteiger partial charge in [-0.25, -0.2) is 22.8 Å². The van der Waals surface area contributed by atoms with Crippen LogP contribution in [0.1, 0.15) is 0 Å². The van der Waals surface area contributed by atoms with Gasteiger partial charge in [0.15, 0.2) is 5.16 Å². The second-order valence-corrected chi connectivity index (χ2v) is 9.63. The van der Waals surface area contributed by atoms with Crippen LogP contribution in [0.4, 0.5) is 15.8 Å². The highest BCUT2D eigenvalue weighted by Gasteiger charge is 2.34. The molecule has 1 aliphatic rings. The summed E-state index contributed by atoms with van der Waals surface area (Å²) in [6.45, 7) is 0. The minimum Gasteiger partial charge on any atom is -0.323 e. The van der Waals surface area contributed by atoms with E-state index >= 15 is 0 Å². The number of para-hydroxylation sites is 1. The lowest BCUT2D eigenvalue weighted by atomic mass is 10.1. The lowest BCUT2D eigenvalue weighted by Gasteiger charge is -2.28. The number of fused-ring (bicyclic) bond motifs is 3. The maximum Gasteiger partial charge on any atom is 0.267 e. The van der Waals surface area contributed by atoms with Crippen LogP contribution >= 0.6 is 23.4 Å². The van der Waals surface area contributed by atoms with Crippen molar-refractivity contribution in [3.05, 3.63) is 59.5 Å². The molecular formula is C19H14ClFN4O3S2. The number of nitrogens with one attached hydrogen (secondary N) is 1. The summed E-state index contributed by atoms with van der Waals surface area (Å²) in [6, 6.07) is 10.7. The Morgan fingerprint density at radius 1 is 1.27 bits per heavy atom. The van der Waals surface area contributed by atoms with Gasteiger partial charge >= 0.3 is 0 Å². The highest BCUT2D eigenvalue weighted by Crippen LogP contribution is 2.42. The lowest BCUT2D eigenvalue weighted by molar-refractivity contribution is -0.113. The third-order valence-electron chi connectivity index (χ3n) is 4.40. The summed E-state index contributed by atoms with van der Waals surface area (Å²) in [6.07, 6.45) is 1.22. The van der Waals surface area contributed by atoms with Gasteiger partial charge in [0.1, 0.15) is 10.7 Å². The largest absolute Gasteiger partial charge is 0.323 e. The van der Waals surface area contributed by atoms with Gasteiger partial charge in [-0.3, -0.25) is 9.10 Å². The number of benzene rings is 2. The maximum absolute atomic E-state index is 13.7. The van der Waals surface area contributed by atoms with Crippen molar-refractivity contribution in [1.29, 1.82) is 0 Å². The molecule has 1 amide bonds. The molecule has 1 aromatic heterocycles. The van der Waals surface area contributed by atoms with Crippen LogP contribution in [0.5, 0.6) is 0 Å². The molecule has 30 heavy (non-hydrogen) atoms.